The number of fused-ring (bicyclic) bond motifs is 1. The SMILES string of the molecule is Cn1nc(CC(=O)C2(N)CCC2)c2ccccc21. The molecular weight excluding hydrogens is 226 g/mol. The average Bonchev–Trinajstić information content (AvgIpc) is 2.64. The van der Waals surface area contributed by atoms with Crippen LogP contribution in [0.2, 0.25) is 0 Å². The molecule has 1 saturated carbocycles. The average molecular weight is 243 g/mol. The van der Waals surface area contributed by atoms with E-state index in [1.54, 1.807) is 0 Å². The van der Waals surface area contributed by atoms with Crippen LogP contribution in [0.3, 0.4) is 0 Å². The number of aryl methyl sites for hydroxylation is 1. The number of benzene rings is 1. The fourth-order valence-electron chi connectivity index (χ4n) is 2.58. The van der Waals surface area contributed by atoms with Gasteiger partial charge in [-0.15, -0.1) is 0 Å². The van der Waals surface area contributed by atoms with Gasteiger partial charge in [0.2, 0.25) is 0 Å². The summed E-state index contributed by atoms with van der Waals surface area (Å²) in [5.74, 6) is 0.123. The lowest BCUT2D eigenvalue weighted by Gasteiger charge is -2.36. The monoisotopic (exact) mass is 243 g/mol. The summed E-state index contributed by atoms with van der Waals surface area (Å²) in [7, 11) is 1.90. The molecule has 0 unspecified atom stereocenters. The number of para-hydroxylation sites is 1. The lowest BCUT2D eigenvalue weighted by molar-refractivity contribution is -0.126. The zero-order chi connectivity index (χ0) is 12.8. The van der Waals surface area contributed by atoms with Gasteiger partial charge < -0.3 is 5.73 Å². The van der Waals surface area contributed by atoms with Gasteiger partial charge in [0.25, 0.3) is 0 Å². The van der Waals surface area contributed by atoms with Crippen molar-refractivity contribution in [2.75, 3.05) is 0 Å². The maximum Gasteiger partial charge on any atom is 0.158 e. The fourth-order valence-corrected chi connectivity index (χ4v) is 2.58. The molecule has 2 N–H and O–H groups in total. The van der Waals surface area contributed by atoms with Crippen LogP contribution in [0.25, 0.3) is 10.9 Å². The van der Waals surface area contributed by atoms with E-state index in [4.69, 9.17) is 5.73 Å². The van der Waals surface area contributed by atoms with Crippen molar-refractivity contribution in [3.05, 3.63) is 30.0 Å². The van der Waals surface area contributed by atoms with Crippen molar-refractivity contribution in [1.82, 2.24) is 9.78 Å². The van der Waals surface area contributed by atoms with Gasteiger partial charge in [-0.25, -0.2) is 0 Å². The minimum atomic E-state index is -0.585. The first-order valence-electron chi connectivity index (χ1n) is 6.33. The van der Waals surface area contributed by atoms with Crippen molar-refractivity contribution in [3.8, 4) is 0 Å². The van der Waals surface area contributed by atoms with E-state index in [9.17, 15) is 4.79 Å². The molecule has 1 aliphatic carbocycles. The van der Waals surface area contributed by atoms with Crippen LogP contribution in [0.5, 0.6) is 0 Å². The van der Waals surface area contributed by atoms with Crippen LogP contribution >= 0.6 is 0 Å². The Bertz CT molecular complexity index is 611. The molecule has 0 aliphatic heterocycles. The van der Waals surface area contributed by atoms with Crippen LogP contribution in [-0.2, 0) is 18.3 Å². The van der Waals surface area contributed by atoms with E-state index in [0.29, 0.717) is 6.42 Å². The molecule has 4 nitrogen and oxygen atoms in total. The van der Waals surface area contributed by atoms with Crippen LogP contribution in [0.15, 0.2) is 24.3 Å². The van der Waals surface area contributed by atoms with E-state index < -0.39 is 5.54 Å². The molecule has 1 aromatic heterocycles. The number of hydrogen-bond acceptors (Lipinski definition) is 3. The molecule has 0 spiro atoms. The van der Waals surface area contributed by atoms with Gasteiger partial charge in [-0.3, -0.25) is 9.48 Å². The molecule has 0 amide bonds. The van der Waals surface area contributed by atoms with Crippen LogP contribution in [0, 0.1) is 0 Å². The van der Waals surface area contributed by atoms with Gasteiger partial charge in [-0.05, 0) is 25.3 Å². The summed E-state index contributed by atoms with van der Waals surface area (Å²) in [5, 5.41) is 5.49. The summed E-state index contributed by atoms with van der Waals surface area (Å²) in [5.41, 5.74) is 7.37. The number of nitrogens with two attached hydrogens (primary N) is 1. The number of rotatable bonds is 3. The third-order valence-electron chi connectivity index (χ3n) is 3.96. The van der Waals surface area contributed by atoms with Gasteiger partial charge in [0.1, 0.15) is 0 Å². The zero-order valence-corrected chi connectivity index (χ0v) is 10.5. The Morgan fingerprint density at radius 3 is 2.83 bits per heavy atom. The first-order valence-corrected chi connectivity index (χ1v) is 6.33. The highest BCUT2D eigenvalue weighted by molar-refractivity contribution is 5.94. The summed E-state index contributed by atoms with van der Waals surface area (Å²) in [6, 6.07) is 7.97. The quantitative estimate of drug-likeness (QED) is 0.890. The Labute approximate surface area is 106 Å². The lowest BCUT2D eigenvalue weighted by Crippen LogP contribution is -2.54. The van der Waals surface area contributed by atoms with Gasteiger partial charge in [0.05, 0.1) is 23.2 Å². The number of Topliss-reactive ketones (excluding diaryl/α,β-unsaturated/α-hetero) is 1. The number of ketones is 1. The van der Waals surface area contributed by atoms with E-state index in [1.807, 2.05) is 36.0 Å². The van der Waals surface area contributed by atoms with Gasteiger partial charge in [-0.2, -0.15) is 5.10 Å². The molecule has 2 aromatic rings. The number of nitrogens with zero attached hydrogens (tertiary/aromatic N) is 2. The fraction of sp³-hybridized carbons (Fsp3) is 0.429. The predicted molar refractivity (Wildman–Crippen MR) is 70.2 cm³/mol. The molecule has 0 radical (unpaired) electrons. The molecule has 4 heteroatoms. The van der Waals surface area contributed by atoms with E-state index in [-0.39, 0.29) is 5.78 Å². The van der Waals surface area contributed by atoms with E-state index in [2.05, 4.69) is 5.10 Å². The van der Waals surface area contributed by atoms with Crippen molar-refractivity contribution in [2.24, 2.45) is 12.8 Å². The lowest BCUT2D eigenvalue weighted by atomic mass is 9.73. The summed E-state index contributed by atoms with van der Waals surface area (Å²) >= 11 is 0. The van der Waals surface area contributed by atoms with E-state index in [0.717, 1.165) is 35.9 Å². The number of carbonyl (C=O) groups excluding carboxylic acids is 1. The Balaban J connectivity index is 1.93. The van der Waals surface area contributed by atoms with Gasteiger partial charge in [0.15, 0.2) is 5.78 Å². The molecule has 1 aliphatic rings. The maximum absolute atomic E-state index is 12.2. The highest BCUT2D eigenvalue weighted by Crippen LogP contribution is 2.31. The van der Waals surface area contributed by atoms with E-state index >= 15 is 0 Å². The van der Waals surface area contributed by atoms with Gasteiger partial charge in [0, 0.05) is 12.4 Å². The first kappa shape index (κ1) is 11.4. The standard InChI is InChI=1S/C14H17N3O/c1-17-12-6-3-2-5-10(12)11(16-17)9-13(18)14(15)7-4-8-14/h2-3,5-6H,4,7-9,15H2,1H3. The summed E-state index contributed by atoms with van der Waals surface area (Å²) < 4.78 is 1.82. The van der Waals surface area contributed by atoms with Crippen molar-refractivity contribution in [3.63, 3.8) is 0 Å². The summed E-state index contributed by atoms with van der Waals surface area (Å²) in [4.78, 5) is 12.2. The Morgan fingerprint density at radius 1 is 1.44 bits per heavy atom. The molecule has 0 saturated heterocycles. The van der Waals surface area contributed by atoms with Crippen LogP contribution in [0.1, 0.15) is 25.0 Å². The molecule has 1 heterocycles. The van der Waals surface area contributed by atoms with Crippen LogP contribution in [0.4, 0.5) is 0 Å². The zero-order valence-electron chi connectivity index (χ0n) is 10.5. The Kier molecular flexibility index (Phi) is 2.48. The predicted octanol–water partition coefficient (Wildman–Crippen LogP) is 1.57. The number of hydrogen-bond donors (Lipinski definition) is 1. The second kappa shape index (κ2) is 3.92. The molecule has 3 rings (SSSR count). The summed E-state index contributed by atoms with van der Waals surface area (Å²) in [6.45, 7) is 0. The van der Waals surface area contributed by atoms with Crippen molar-refractivity contribution in [2.45, 2.75) is 31.2 Å². The van der Waals surface area contributed by atoms with E-state index in [1.165, 1.54) is 0 Å². The second-order valence-corrected chi connectivity index (χ2v) is 5.20. The normalized spacial score (nSPS) is 17.7. The minimum Gasteiger partial charge on any atom is -0.319 e. The van der Waals surface area contributed by atoms with Gasteiger partial charge >= 0.3 is 0 Å². The molecule has 18 heavy (non-hydrogen) atoms. The molecular formula is C14H17N3O. The van der Waals surface area contributed by atoms with Crippen molar-refractivity contribution >= 4 is 16.7 Å². The largest absolute Gasteiger partial charge is 0.319 e. The number of carbonyl (C=O) groups is 1. The first-order chi connectivity index (χ1) is 8.60. The molecule has 94 valence electrons. The Hall–Kier alpha value is -1.68. The Morgan fingerprint density at radius 2 is 2.17 bits per heavy atom. The van der Waals surface area contributed by atoms with Crippen LogP contribution in [-0.4, -0.2) is 21.1 Å². The smallest absolute Gasteiger partial charge is 0.158 e. The highest BCUT2D eigenvalue weighted by atomic mass is 16.1. The minimum absolute atomic E-state index is 0.123. The topological polar surface area (TPSA) is 60.9 Å². The molecule has 0 atom stereocenters. The summed E-state index contributed by atoms with van der Waals surface area (Å²) in [6.07, 6.45) is 3.04. The second-order valence-electron chi connectivity index (χ2n) is 5.20. The third kappa shape index (κ3) is 1.64. The molecule has 1 fully saturated rings. The van der Waals surface area contributed by atoms with Crippen molar-refractivity contribution < 1.29 is 4.79 Å². The third-order valence-corrected chi connectivity index (χ3v) is 3.96. The molecule has 1 aromatic carbocycles. The van der Waals surface area contributed by atoms with Crippen molar-refractivity contribution in [1.29, 1.82) is 0 Å². The van der Waals surface area contributed by atoms with Crippen LogP contribution < -0.4 is 5.73 Å². The molecule has 0 bridgehead atoms. The number of aromatic nitrogens is 2. The highest BCUT2D eigenvalue weighted by Gasteiger charge is 2.39. The maximum atomic E-state index is 12.2. The van der Waals surface area contributed by atoms with Gasteiger partial charge in [-0.1, -0.05) is 18.2 Å².